The number of benzene rings is 1. The number of ketones is 2. The first-order chi connectivity index (χ1) is 15.5. The minimum absolute atomic E-state index is 0.0864. The number of carbonyl (C=O) groups is 3. The molecule has 0 saturated carbocycles. The fourth-order valence-electron chi connectivity index (χ4n) is 4.37. The van der Waals surface area contributed by atoms with Crippen LogP contribution in [0.1, 0.15) is 42.6 Å². The van der Waals surface area contributed by atoms with Crippen LogP contribution in [0.5, 0.6) is 0 Å². The van der Waals surface area contributed by atoms with Gasteiger partial charge in [0.25, 0.3) is 5.91 Å². The Morgan fingerprint density at radius 2 is 1.84 bits per heavy atom. The summed E-state index contributed by atoms with van der Waals surface area (Å²) in [4.78, 5) is 47.6. The van der Waals surface area contributed by atoms with Crippen LogP contribution in [0.3, 0.4) is 0 Å². The van der Waals surface area contributed by atoms with Crippen LogP contribution in [0, 0.1) is 5.92 Å². The van der Waals surface area contributed by atoms with Crippen molar-refractivity contribution < 1.29 is 18.8 Å². The molecular formula is C25H27N3O4. The Balaban J connectivity index is 1.66. The van der Waals surface area contributed by atoms with Gasteiger partial charge in [-0.2, -0.15) is 0 Å². The molecule has 7 nitrogen and oxygen atoms in total. The second-order valence-corrected chi connectivity index (χ2v) is 7.93. The Bertz CT molecular complexity index is 1090. The van der Waals surface area contributed by atoms with Crippen molar-refractivity contribution in [2.45, 2.75) is 26.3 Å². The number of nitrogens with zero attached hydrogens (tertiary/aromatic N) is 3. The van der Waals surface area contributed by atoms with Gasteiger partial charge in [-0.05, 0) is 50.3 Å². The first-order valence-corrected chi connectivity index (χ1v) is 11.1. The van der Waals surface area contributed by atoms with E-state index in [2.05, 4.69) is 23.7 Å². The highest BCUT2D eigenvalue weighted by atomic mass is 16.3. The van der Waals surface area contributed by atoms with Crippen molar-refractivity contribution in [3.63, 3.8) is 0 Å². The summed E-state index contributed by atoms with van der Waals surface area (Å²) in [5, 5.41) is 0.776. The van der Waals surface area contributed by atoms with E-state index in [9.17, 15) is 14.4 Å². The fourth-order valence-corrected chi connectivity index (χ4v) is 4.37. The summed E-state index contributed by atoms with van der Waals surface area (Å²) in [5.74, 6) is -2.90. The zero-order valence-electron chi connectivity index (χ0n) is 18.4. The largest absolute Gasteiger partial charge is 0.453 e. The Morgan fingerprint density at radius 3 is 2.53 bits per heavy atom. The molecule has 166 valence electrons. The highest BCUT2D eigenvalue weighted by Crippen LogP contribution is 2.38. The number of hydrogen-bond acceptors (Lipinski definition) is 6. The van der Waals surface area contributed by atoms with E-state index in [0.29, 0.717) is 24.2 Å². The van der Waals surface area contributed by atoms with Crippen molar-refractivity contribution >= 4 is 28.4 Å². The Morgan fingerprint density at radius 1 is 1.09 bits per heavy atom. The first-order valence-electron chi connectivity index (χ1n) is 11.1. The monoisotopic (exact) mass is 433 g/mol. The van der Waals surface area contributed by atoms with Gasteiger partial charge in [-0.1, -0.05) is 38.1 Å². The van der Waals surface area contributed by atoms with Gasteiger partial charge in [0.1, 0.15) is 11.5 Å². The molecule has 0 N–H and O–H groups in total. The van der Waals surface area contributed by atoms with Gasteiger partial charge in [-0.25, -0.2) is 0 Å². The lowest BCUT2D eigenvalue weighted by molar-refractivity contribution is -0.140. The smallest absolute Gasteiger partial charge is 0.291 e. The first kappa shape index (κ1) is 21.9. The second kappa shape index (κ2) is 9.44. The molecule has 4 rings (SSSR count). The average Bonchev–Trinajstić information content (AvgIpc) is 3.37. The van der Waals surface area contributed by atoms with E-state index in [1.54, 1.807) is 36.5 Å². The number of rotatable bonds is 9. The number of aromatic nitrogens is 1. The van der Waals surface area contributed by atoms with E-state index in [4.69, 9.17) is 4.42 Å². The highest BCUT2D eigenvalue weighted by molar-refractivity contribution is 6.43. The minimum Gasteiger partial charge on any atom is -0.453 e. The second-order valence-electron chi connectivity index (χ2n) is 7.93. The number of Topliss-reactive ketones (excluding diaryl/α,β-unsaturated/α-hetero) is 2. The van der Waals surface area contributed by atoms with Crippen LogP contribution in [-0.2, 0) is 9.59 Å². The summed E-state index contributed by atoms with van der Waals surface area (Å²) in [6, 6.07) is 13.5. The molecule has 0 spiro atoms. The molecule has 2 atom stereocenters. The predicted molar refractivity (Wildman–Crippen MR) is 120 cm³/mol. The molecule has 0 bridgehead atoms. The van der Waals surface area contributed by atoms with E-state index in [0.717, 1.165) is 25.0 Å². The third-order valence-corrected chi connectivity index (χ3v) is 6.12. The molecule has 2 aromatic heterocycles. The summed E-state index contributed by atoms with van der Waals surface area (Å²) in [6.45, 7) is 7.20. The van der Waals surface area contributed by atoms with Gasteiger partial charge in [0, 0.05) is 18.1 Å². The van der Waals surface area contributed by atoms with Crippen LogP contribution in [0.15, 0.2) is 59.1 Å². The quantitative estimate of drug-likeness (QED) is 0.292. The minimum atomic E-state index is -1.17. The summed E-state index contributed by atoms with van der Waals surface area (Å²) < 4.78 is 5.73. The molecule has 7 heteroatoms. The number of likely N-dealkylation sites (tertiary alicyclic amines) is 1. The van der Waals surface area contributed by atoms with Crippen LogP contribution in [-0.4, -0.2) is 58.4 Å². The van der Waals surface area contributed by atoms with Crippen molar-refractivity contribution in [3.8, 4) is 0 Å². The maximum Gasteiger partial charge on any atom is 0.291 e. The summed E-state index contributed by atoms with van der Waals surface area (Å²) in [7, 11) is 0. The summed E-state index contributed by atoms with van der Waals surface area (Å²) >= 11 is 0. The van der Waals surface area contributed by atoms with Gasteiger partial charge in [0.15, 0.2) is 5.76 Å². The van der Waals surface area contributed by atoms with Crippen LogP contribution >= 0.6 is 0 Å². The number of fused-ring (bicyclic) bond motifs is 1. The lowest BCUT2D eigenvalue weighted by atomic mass is 9.90. The van der Waals surface area contributed by atoms with Gasteiger partial charge < -0.3 is 14.2 Å². The molecule has 1 aromatic carbocycles. The van der Waals surface area contributed by atoms with Crippen molar-refractivity contribution in [3.05, 3.63) is 66.2 Å². The van der Waals surface area contributed by atoms with Crippen molar-refractivity contribution in [2.75, 3.05) is 26.2 Å². The SMILES string of the molecule is CCN(CC)CCCN1C(=O)C(=O)C(C(=O)c2cc3ccccc3o2)C1c1ccccn1. The average molecular weight is 434 g/mol. The standard InChI is InChI=1S/C25H27N3O4/c1-3-27(4-2)14-9-15-28-22(18-11-7-8-13-26-18)21(24(30)25(28)31)23(29)20-16-17-10-5-6-12-19(17)32-20/h5-8,10-13,16,21-22H,3-4,9,14-15H2,1-2H3. The molecule has 1 fully saturated rings. The van der Waals surface area contributed by atoms with Gasteiger partial charge in [-0.15, -0.1) is 0 Å². The van der Waals surface area contributed by atoms with E-state index < -0.39 is 29.4 Å². The van der Waals surface area contributed by atoms with Crippen LogP contribution in [0.4, 0.5) is 0 Å². The van der Waals surface area contributed by atoms with Crippen molar-refractivity contribution in [2.24, 2.45) is 5.92 Å². The topological polar surface area (TPSA) is 83.7 Å². The zero-order valence-corrected chi connectivity index (χ0v) is 18.4. The Hall–Kier alpha value is -3.32. The summed E-state index contributed by atoms with van der Waals surface area (Å²) in [6.07, 6.45) is 2.31. The van der Waals surface area contributed by atoms with Crippen LogP contribution in [0.25, 0.3) is 11.0 Å². The number of hydrogen-bond donors (Lipinski definition) is 0. The van der Waals surface area contributed by atoms with Crippen LogP contribution in [0.2, 0.25) is 0 Å². The lowest BCUT2D eigenvalue weighted by Crippen LogP contribution is -2.34. The van der Waals surface area contributed by atoms with Gasteiger partial charge in [-0.3, -0.25) is 19.4 Å². The molecular weight excluding hydrogens is 406 g/mol. The van der Waals surface area contributed by atoms with Gasteiger partial charge in [0.05, 0.1) is 11.7 Å². The zero-order chi connectivity index (χ0) is 22.7. The Labute approximate surface area is 187 Å². The molecule has 0 aliphatic carbocycles. The van der Waals surface area contributed by atoms with Crippen LogP contribution < -0.4 is 0 Å². The lowest BCUT2D eigenvalue weighted by Gasteiger charge is -2.27. The number of furan rings is 1. The Kier molecular flexibility index (Phi) is 6.46. The fraction of sp³-hybridized carbons (Fsp3) is 0.360. The molecule has 3 aromatic rings. The number of para-hydroxylation sites is 1. The van der Waals surface area contributed by atoms with E-state index in [-0.39, 0.29) is 5.76 Å². The van der Waals surface area contributed by atoms with E-state index in [1.165, 1.54) is 4.90 Å². The third-order valence-electron chi connectivity index (χ3n) is 6.12. The van der Waals surface area contributed by atoms with Crippen molar-refractivity contribution in [1.29, 1.82) is 0 Å². The molecule has 3 heterocycles. The molecule has 1 saturated heterocycles. The molecule has 1 amide bonds. The molecule has 1 aliphatic rings. The number of amides is 1. The maximum absolute atomic E-state index is 13.4. The third kappa shape index (κ3) is 4.08. The molecule has 32 heavy (non-hydrogen) atoms. The van der Waals surface area contributed by atoms with Gasteiger partial charge >= 0.3 is 0 Å². The van der Waals surface area contributed by atoms with E-state index >= 15 is 0 Å². The number of carbonyl (C=O) groups excluding carboxylic acids is 3. The molecule has 1 aliphatic heterocycles. The normalized spacial score (nSPS) is 18.8. The molecule has 0 radical (unpaired) electrons. The highest BCUT2D eigenvalue weighted by Gasteiger charge is 2.52. The van der Waals surface area contributed by atoms with E-state index in [1.807, 2.05) is 18.2 Å². The molecule has 2 unspecified atom stereocenters. The summed E-state index contributed by atoms with van der Waals surface area (Å²) in [5.41, 5.74) is 1.10. The maximum atomic E-state index is 13.4. The van der Waals surface area contributed by atoms with Gasteiger partial charge in [0.2, 0.25) is 11.6 Å². The predicted octanol–water partition coefficient (Wildman–Crippen LogP) is 3.51. The van der Waals surface area contributed by atoms with Crippen molar-refractivity contribution in [1.82, 2.24) is 14.8 Å². The number of pyridine rings is 1.